The fraction of sp³-hybridized carbons (Fsp3) is 0.409. The maximum Gasteiger partial charge on any atom is 0.261 e. The van der Waals surface area contributed by atoms with Crippen molar-refractivity contribution >= 4 is 27.3 Å². The van der Waals surface area contributed by atoms with Gasteiger partial charge in [-0.25, -0.2) is 8.42 Å². The molecule has 1 fully saturated rings. The number of hydrogen-bond acceptors (Lipinski definition) is 6. The molecule has 1 N–H and O–H groups in total. The number of ether oxygens (including phenoxy) is 2. The third-order valence-corrected chi connectivity index (χ3v) is 6.36. The van der Waals surface area contributed by atoms with Crippen molar-refractivity contribution in [1.29, 1.82) is 0 Å². The van der Waals surface area contributed by atoms with E-state index in [1.165, 1.54) is 11.4 Å². The molecule has 1 atom stereocenters. The van der Waals surface area contributed by atoms with E-state index < -0.39 is 16.1 Å². The Labute approximate surface area is 183 Å². The normalized spacial score (nSPS) is 15.3. The van der Waals surface area contributed by atoms with Crippen molar-refractivity contribution in [3.8, 4) is 5.75 Å². The van der Waals surface area contributed by atoms with Crippen LogP contribution in [0.4, 0.5) is 11.4 Å². The molecule has 8 nitrogen and oxygen atoms in total. The number of amides is 1. The third kappa shape index (κ3) is 6.35. The highest BCUT2D eigenvalue weighted by Gasteiger charge is 2.16. The highest BCUT2D eigenvalue weighted by Crippen LogP contribution is 2.21. The molecule has 1 amide bonds. The van der Waals surface area contributed by atoms with Gasteiger partial charge in [0.15, 0.2) is 6.10 Å². The van der Waals surface area contributed by atoms with Crippen molar-refractivity contribution in [2.45, 2.75) is 19.6 Å². The lowest BCUT2D eigenvalue weighted by Gasteiger charge is -2.28. The standard InChI is InChI=1S/C22H29N3O5S/c1-17(30-21-10-8-19(9-11-21)24(2)31(3,27)28)22(26)23-16-18-4-6-20(7-5-18)25-12-14-29-15-13-25/h4-11,17H,12-16H2,1-3H3,(H,23,26)/t17-/m0/s1. The Hall–Kier alpha value is -2.78. The Bertz CT molecular complexity index is 971. The largest absolute Gasteiger partial charge is 0.481 e. The van der Waals surface area contributed by atoms with Gasteiger partial charge in [0.25, 0.3) is 5.91 Å². The Morgan fingerprint density at radius 3 is 2.32 bits per heavy atom. The van der Waals surface area contributed by atoms with Gasteiger partial charge >= 0.3 is 0 Å². The molecule has 3 rings (SSSR count). The molecule has 0 bridgehead atoms. The van der Waals surface area contributed by atoms with Gasteiger partial charge in [0.2, 0.25) is 10.0 Å². The van der Waals surface area contributed by atoms with Crippen LogP contribution in [0, 0.1) is 0 Å². The van der Waals surface area contributed by atoms with Gasteiger partial charge in [-0.2, -0.15) is 0 Å². The molecule has 1 saturated heterocycles. The van der Waals surface area contributed by atoms with Crippen molar-refractivity contribution in [3.63, 3.8) is 0 Å². The van der Waals surface area contributed by atoms with E-state index in [1.54, 1.807) is 31.2 Å². The van der Waals surface area contributed by atoms with Gasteiger partial charge in [-0.05, 0) is 48.9 Å². The summed E-state index contributed by atoms with van der Waals surface area (Å²) in [7, 11) is -1.85. The highest BCUT2D eigenvalue weighted by atomic mass is 32.2. The average molecular weight is 448 g/mol. The zero-order valence-corrected chi connectivity index (χ0v) is 18.9. The van der Waals surface area contributed by atoms with E-state index in [9.17, 15) is 13.2 Å². The van der Waals surface area contributed by atoms with Gasteiger partial charge in [0, 0.05) is 32.4 Å². The second kappa shape index (κ2) is 10.0. The topological polar surface area (TPSA) is 88.2 Å². The molecule has 0 aromatic heterocycles. The molecule has 0 saturated carbocycles. The number of morpholine rings is 1. The Kier molecular flexibility index (Phi) is 7.40. The lowest BCUT2D eigenvalue weighted by molar-refractivity contribution is -0.127. The summed E-state index contributed by atoms with van der Waals surface area (Å²) in [5.74, 6) is 0.262. The number of rotatable bonds is 8. The van der Waals surface area contributed by atoms with Gasteiger partial charge in [0.05, 0.1) is 25.2 Å². The number of hydrogen-bond donors (Lipinski definition) is 1. The predicted molar refractivity (Wildman–Crippen MR) is 121 cm³/mol. The van der Waals surface area contributed by atoms with Crippen molar-refractivity contribution in [3.05, 3.63) is 54.1 Å². The van der Waals surface area contributed by atoms with Crippen molar-refractivity contribution in [2.75, 3.05) is 48.8 Å². The first-order chi connectivity index (χ1) is 14.7. The van der Waals surface area contributed by atoms with Gasteiger partial charge in [-0.1, -0.05) is 12.1 Å². The summed E-state index contributed by atoms with van der Waals surface area (Å²) in [4.78, 5) is 14.7. The molecule has 168 valence electrons. The number of anilines is 2. The number of benzene rings is 2. The van der Waals surface area contributed by atoms with Crippen LogP contribution < -0.4 is 19.3 Å². The summed E-state index contributed by atoms with van der Waals surface area (Å²) in [5, 5.41) is 2.88. The fourth-order valence-corrected chi connectivity index (χ4v) is 3.67. The molecule has 31 heavy (non-hydrogen) atoms. The molecule has 0 aliphatic carbocycles. The minimum atomic E-state index is -3.33. The van der Waals surface area contributed by atoms with E-state index in [-0.39, 0.29) is 5.91 Å². The zero-order valence-electron chi connectivity index (χ0n) is 18.1. The molecule has 1 aliphatic heterocycles. The number of carbonyl (C=O) groups excluding carboxylic acids is 1. The maximum atomic E-state index is 12.4. The van der Waals surface area contributed by atoms with E-state index in [2.05, 4.69) is 22.3 Å². The number of sulfonamides is 1. The second-order valence-electron chi connectivity index (χ2n) is 7.47. The Balaban J connectivity index is 1.49. The first kappa shape index (κ1) is 22.9. The molecule has 0 spiro atoms. The van der Waals surface area contributed by atoms with Crippen LogP contribution in [0.15, 0.2) is 48.5 Å². The van der Waals surface area contributed by atoms with Crippen LogP contribution in [0.25, 0.3) is 0 Å². The maximum absolute atomic E-state index is 12.4. The summed E-state index contributed by atoms with van der Waals surface area (Å²) in [5.41, 5.74) is 2.68. The number of nitrogens with one attached hydrogen (secondary N) is 1. The van der Waals surface area contributed by atoms with Crippen molar-refractivity contribution < 1.29 is 22.7 Å². The van der Waals surface area contributed by atoms with E-state index in [4.69, 9.17) is 9.47 Å². The minimum Gasteiger partial charge on any atom is -0.481 e. The minimum absolute atomic E-state index is 0.227. The van der Waals surface area contributed by atoms with Crippen LogP contribution >= 0.6 is 0 Å². The van der Waals surface area contributed by atoms with Gasteiger partial charge in [-0.3, -0.25) is 9.10 Å². The third-order valence-electron chi connectivity index (χ3n) is 5.16. The Morgan fingerprint density at radius 1 is 1.13 bits per heavy atom. The lowest BCUT2D eigenvalue weighted by Crippen LogP contribution is -2.36. The molecular formula is C22H29N3O5S. The van der Waals surface area contributed by atoms with Gasteiger partial charge in [0.1, 0.15) is 5.75 Å². The van der Waals surface area contributed by atoms with Gasteiger partial charge in [-0.15, -0.1) is 0 Å². The van der Waals surface area contributed by atoms with Gasteiger partial charge < -0.3 is 19.7 Å². The molecule has 2 aromatic carbocycles. The smallest absolute Gasteiger partial charge is 0.261 e. The highest BCUT2D eigenvalue weighted by molar-refractivity contribution is 7.92. The van der Waals surface area contributed by atoms with Crippen LogP contribution in [-0.4, -0.2) is 60.0 Å². The predicted octanol–water partition coefficient (Wildman–Crippen LogP) is 2.00. The number of nitrogens with zero attached hydrogens (tertiary/aromatic N) is 2. The lowest BCUT2D eigenvalue weighted by atomic mass is 10.2. The molecule has 0 radical (unpaired) electrons. The summed E-state index contributed by atoms with van der Waals surface area (Å²) in [6.07, 6.45) is 0.450. The van der Waals surface area contributed by atoms with E-state index >= 15 is 0 Å². The molecule has 1 aliphatic rings. The van der Waals surface area contributed by atoms with Crippen LogP contribution in [0.1, 0.15) is 12.5 Å². The summed E-state index contributed by atoms with van der Waals surface area (Å²) >= 11 is 0. The quantitative estimate of drug-likeness (QED) is 0.666. The van der Waals surface area contributed by atoms with Crippen LogP contribution in [-0.2, 0) is 26.1 Å². The van der Waals surface area contributed by atoms with Crippen molar-refractivity contribution in [1.82, 2.24) is 5.32 Å². The fourth-order valence-electron chi connectivity index (χ4n) is 3.16. The van der Waals surface area contributed by atoms with Crippen LogP contribution in [0.3, 0.4) is 0 Å². The van der Waals surface area contributed by atoms with E-state index in [1.807, 2.05) is 12.1 Å². The first-order valence-corrected chi connectivity index (χ1v) is 12.0. The molecule has 9 heteroatoms. The van der Waals surface area contributed by atoms with Crippen LogP contribution in [0.5, 0.6) is 5.75 Å². The molecule has 0 unspecified atom stereocenters. The Morgan fingerprint density at radius 2 is 1.74 bits per heavy atom. The first-order valence-electron chi connectivity index (χ1n) is 10.1. The number of carbonyl (C=O) groups is 1. The zero-order chi connectivity index (χ0) is 22.4. The SMILES string of the molecule is C[C@H](Oc1ccc(N(C)S(C)(=O)=O)cc1)C(=O)NCc1ccc(N2CCOCC2)cc1. The average Bonchev–Trinajstić information content (AvgIpc) is 2.77. The van der Waals surface area contributed by atoms with Crippen molar-refractivity contribution in [2.24, 2.45) is 0 Å². The van der Waals surface area contributed by atoms with Crippen LogP contribution in [0.2, 0.25) is 0 Å². The van der Waals surface area contributed by atoms with E-state index in [0.29, 0.717) is 18.0 Å². The molecule has 1 heterocycles. The second-order valence-corrected chi connectivity index (χ2v) is 9.48. The summed E-state index contributed by atoms with van der Waals surface area (Å²) in [6, 6.07) is 14.7. The molecular weight excluding hydrogens is 418 g/mol. The summed E-state index contributed by atoms with van der Waals surface area (Å²) < 4.78 is 35.5. The summed E-state index contributed by atoms with van der Waals surface area (Å²) in [6.45, 7) is 5.34. The monoisotopic (exact) mass is 447 g/mol. The molecule has 2 aromatic rings. The van der Waals surface area contributed by atoms with E-state index in [0.717, 1.165) is 43.8 Å².